The van der Waals surface area contributed by atoms with Crippen LogP contribution in [0.1, 0.15) is 44.7 Å². The Balaban J connectivity index is 2.13. The molecule has 0 saturated carbocycles. The molecule has 0 saturated heterocycles. The SMILES string of the molecule is Cc1nc(Cn2c(C)c(C#N)c(-c3ccc(C#N)cc3)c2C)c(C=O)o1. The van der Waals surface area contributed by atoms with Crippen LogP contribution in [0, 0.1) is 43.4 Å². The minimum absolute atomic E-state index is 0.202. The predicted octanol–water partition coefficient (Wildman–Crippen LogP) is 3.67. The third-order valence-corrected chi connectivity index (χ3v) is 4.45. The predicted molar refractivity (Wildman–Crippen MR) is 94.5 cm³/mol. The van der Waals surface area contributed by atoms with E-state index in [0.29, 0.717) is 35.5 Å². The Morgan fingerprint density at radius 2 is 1.81 bits per heavy atom. The van der Waals surface area contributed by atoms with Crippen molar-refractivity contribution in [2.45, 2.75) is 27.3 Å². The molecule has 0 aliphatic carbocycles. The first-order valence-corrected chi connectivity index (χ1v) is 8.02. The molecule has 0 aliphatic rings. The molecule has 0 unspecified atom stereocenters. The van der Waals surface area contributed by atoms with Gasteiger partial charge in [0.25, 0.3) is 0 Å². The van der Waals surface area contributed by atoms with Crippen molar-refractivity contribution in [3.63, 3.8) is 0 Å². The molecule has 2 heterocycles. The van der Waals surface area contributed by atoms with Gasteiger partial charge in [-0.25, -0.2) is 4.98 Å². The fourth-order valence-corrected chi connectivity index (χ4v) is 3.16. The summed E-state index contributed by atoms with van der Waals surface area (Å²) in [7, 11) is 0. The van der Waals surface area contributed by atoms with E-state index in [1.165, 1.54) is 0 Å². The van der Waals surface area contributed by atoms with E-state index in [-0.39, 0.29) is 5.76 Å². The summed E-state index contributed by atoms with van der Waals surface area (Å²) in [6, 6.07) is 11.5. The van der Waals surface area contributed by atoms with E-state index in [1.54, 1.807) is 19.1 Å². The van der Waals surface area contributed by atoms with E-state index < -0.39 is 0 Å². The number of rotatable bonds is 4. The summed E-state index contributed by atoms with van der Waals surface area (Å²) in [4.78, 5) is 15.5. The molecule has 128 valence electrons. The third-order valence-electron chi connectivity index (χ3n) is 4.45. The van der Waals surface area contributed by atoms with Crippen molar-refractivity contribution in [2.75, 3.05) is 0 Å². The van der Waals surface area contributed by atoms with Gasteiger partial charge in [0.2, 0.25) is 0 Å². The topological polar surface area (TPSA) is 95.6 Å². The van der Waals surface area contributed by atoms with E-state index in [9.17, 15) is 10.1 Å². The van der Waals surface area contributed by atoms with Crippen LogP contribution in [-0.4, -0.2) is 15.8 Å². The molecule has 0 fully saturated rings. The number of hydrogen-bond acceptors (Lipinski definition) is 5. The van der Waals surface area contributed by atoms with Crippen molar-refractivity contribution in [3.8, 4) is 23.3 Å². The fourth-order valence-electron chi connectivity index (χ4n) is 3.16. The number of aryl methyl sites for hydroxylation is 1. The number of benzene rings is 1. The zero-order chi connectivity index (χ0) is 18.8. The van der Waals surface area contributed by atoms with Crippen molar-refractivity contribution in [3.05, 3.63) is 64.1 Å². The van der Waals surface area contributed by atoms with Gasteiger partial charge in [-0.2, -0.15) is 10.5 Å². The average molecular weight is 344 g/mol. The molecule has 0 aliphatic heterocycles. The lowest BCUT2D eigenvalue weighted by Gasteiger charge is -2.08. The van der Waals surface area contributed by atoms with Crippen molar-refractivity contribution in [1.29, 1.82) is 10.5 Å². The van der Waals surface area contributed by atoms with E-state index in [0.717, 1.165) is 22.5 Å². The van der Waals surface area contributed by atoms with Crippen LogP contribution < -0.4 is 0 Å². The van der Waals surface area contributed by atoms with Crippen LogP contribution in [0.5, 0.6) is 0 Å². The minimum atomic E-state index is 0.202. The van der Waals surface area contributed by atoms with Gasteiger partial charge in [0.05, 0.1) is 23.7 Å². The van der Waals surface area contributed by atoms with Crippen LogP contribution >= 0.6 is 0 Å². The van der Waals surface area contributed by atoms with E-state index >= 15 is 0 Å². The number of carbonyl (C=O) groups excluding carboxylic acids is 1. The van der Waals surface area contributed by atoms with Crippen LogP contribution in [0.3, 0.4) is 0 Å². The molecule has 3 aromatic rings. The van der Waals surface area contributed by atoms with Crippen molar-refractivity contribution in [1.82, 2.24) is 9.55 Å². The highest BCUT2D eigenvalue weighted by Gasteiger charge is 2.21. The number of hydrogen-bond donors (Lipinski definition) is 0. The largest absolute Gasteiger partial charge is 0.438 e. The van der Waals surface area contributed by atoms with E-state index in [1.807, 2.05) is 30.5 Å². The molecule has 0 atom stereocenters. The Labute approximate surface area is 150 Å². The summed E-state index contributed by atoms with van der Waals surface area (Å²) in [6.07, 6.45) is 0.649. The molecule has 0 amide bonds. The maximum atomic E-state index is 11.2. The van der Waals surface area contributed by atoms with Crippen LogP contribution in [0.25, 0.3) is 11.1 Å². The lowest BCUT2D eigenvalue weighted by Crippen LogP contribution is -2.06. The highest BCUT2D eigenvalue weighted by molar-refractivity contribution is 5.76. The Bertz CT molecular complexity index is 1070. The molecule has 0 spiro atoms. The van der Waals surface area contributed by atoms with Gasteiger partial charge in [0.1, 0.15) is 11.8 Å². The number of carbonyl (C=O) groups is 1. The zero-order valence-electron chi connectivity index (χ0n) is 14.7. The lowest BCUT2D eigenvalue weighted by atomic mass is 10.0. The average Bonchev–Trinajstić information content (AvgIpc) is 3.13. The standard InChI is InChI=1S/C20H16N4O2/c1-12-17(9-22)20(16-6-4-15(8-21)5-7-16)13(2)24(12)10-18-19(11-25)26-14(3)23-18/h4-7,11H,10H2,1-3H3. The second-order valence-electron chi connectivity index (χ2n) is 5.97. The van der Waals surface area contributed by atoms with Crippen molar-refractivity contribution < 1.29 is 9.21 Å². The molecule has 0 radical (unpaired) electrons. The van der Waals surface area contributed by atoms with Crippen LogP contribution in [-0.2, 0) is 6.54 Å². The maximum absolute atomic E-state index is 11.2. The normalized spacial score (nSPS) is 10.3. The molecule has 6 nitrogen and oxygen atoms in total. The smallest absolute Gasteiger partial charge is 0.192 e. The lowest BCUT2D eigenvalue weighted by molar-refractivity contribution is 0.109. The Hall–Kier alpha value is -3.64. The van der Waals surface area contributed by atoms with Crippen LogP contribution in [0.4, 0.5) is 0 Å². The Morgan fingerprint density at radius 3 is 2.38 bits per heavy atom. The van der Waals surface area contributed by atoms with E-state index in [4.69, 9.17) is 9.68 Å². The fraction of sp³-hybridized carbons (Fsp3) is 0.200. The molecule has 3 rings (SSSR count). The molecule has 1 aromatic carbocycles. The van der Waals surface area contributed by atoms with Crippen molar-refractivity contribution in [2.24, 2.45) is 0 Å². The summed E-state index contributed by atoms with van der Waals surface area (Å²) in [5, 5.41) is 18.6. The summed E-state index contributed by atoms with van der Waals surface area (Å²) < 4.78 is 7.26. The number of oxazole rings is 1. The second-order valence-corrected chi connectivity index (χ2v) is 5.97. The Morgan fingerprint density at radius 1 is 1.12 bits per heavy atom. The van der Waals surface area contributed by atoms with Gasteiger partial charge in [0.15, 0.2) is 17.9 Å². The van der Waals surface area contributed by atoms with Crippen molar-refractivity contribution >= 4 is 6.29 Å². The zero-order valence-corrected chi connectivity index (χ0v) is 14.7. The van der Waals surface area contributed by atoms with Gasteiger partial charge >= 0.3 is 0 Å². The highest BCUT2D eigenvalue weighted by Crippen LogP contribution is 2.32. The van der Waals surface area contributed by atoms with Gasteiger partial charge in [-0.05, 0) is 31.5 Å². The first-order valence-electron chi connectivity index (χ1n) is 8.02. The summed E-state index contributed by atoms with van der Waals surface area (Å²) in [5.41, 5.74) is 5.04. The minimum Gasteiger partial charge on any atom is -0.438 e. The van der Waals surface area contributed by atoms with Gasteiger partial charge in [-0.15, -0.1) is 0 Å². The molecule has 2 aromatic heterocycles. The van der Waals surface area contributed by atoms with Gasteiger partial charge < -0.3 is 8.98 Å². The number of aromatic nitrogens is 2. The van der Waals surface area contributed by atoms with Gasteiger partial charge in [-0.1, -0.05) is 12.1 Å². The second kappa shape index (κ2) is 6.70. The Kier molecular flexibility index (Phi) is 4.43. The summed E-state index contributed by atoms with van der Waals surface area (Å²) in [5.74, 6) is 0.630. The summed E-state index contributed by atoms with van der Waals surface area (Å²) >= 11 is 0. The van der Waals surface area contributed by atoms with E-state index in [2.05, 4.69) is 17.1 Å². The maximum Gasteiger partial charge on any atom is 0.192 e. The van der Waals surface area contributed by atoms with Crippen LogP contribution in [0.15, 0.2) is 28.7 Å². The first-order chi connectivity index (χ1) is 12.5. The molecule has 0 bridgehead atoms. The highest BCUT2D eigenvalue weighted by atomic mass is 16.4. The first kappa shape index (κ1) is 17.2. The number of aldehydes is 1. The quantitative estimate of drug-likeness (QED) is 0.673. The van der Waals surface area contributed by atoms with Crippen LogP contribution in [0.2, 0.25) is 0 Å². The third kappa shape index (κ3) is 2.78. The van der Waals surface area contributed by atoms with Gasteiger partial charge in [0, 0.05) is 23.9 Å². The molecular weight excluding hydrogens is 328 g/mol. The van der Waals surface area contributed by atoms with Gasteiger partial charge in [-0.3, -0.25) is 4.79 Å². The molecule has 26 heavy (non-hydrogen) atoms. The monoisotopic (exact) mass is 344 g/mol. The summed E-state index contributed by atoms with van der Waals surface area (Å²) in [6.45, 7) is 5.82. The molecule has 6 heteroatoms. The molecular formula is C20H16N4O2. The number of nitrogens with zero attached hydrogens (tertiary/aromatic N) is 4. The molecule has 0 N–H and O–H groups in total. The number of nitriles is 2.